The summed E-state index contributed by atoms with van der Waals surface area (Å²) in [6.45, 7) is 10.00. The first-order chi connectivity index (χ1) is 7.09. The second kappa shape index (κ2) is 5.95. The quantitative estimate of drug-likeness (QED) is 0.647. The normalized spacial score (nSPS) is 25.6. The van der Waals surface area contributed by atoms with Crippen LogP contribution in [0, 0.1) is 17.8 Å². The molecule has 3 N–H and O–H groups in total. The van der Waals surface area contributed by atoms with E-state index in [1.165, 1.54) is 0 Å². The number of hydrogen-bond donors (Lipinski definition) is 3. The van der Waals surface area contributed by atoms with Crippen molar-refractivity contribution in [2.75, 3.05) is 26.2 Å². The SMILES string of the molecule is CC(C)CNC(=O)NC[C@@H]1CNC[C@H]1C. The van der Waals surface area contributed by atoms with Gasteiger partial charge in [-0.1, -0.05) is 20.8 Å². The van der Waals surface area contributed by atoms with Crippen LogP contribution in [0.4, 0.5) is 4.79 Å². The Hall–Kier alpha value is -0.770. The van der Waals surface area contributed by atoms with E-state index in [-0.39, 0.29) is 6.03 Å². The number of carbonyl (C=O) groups is 1. The van der Waals surface area contributed by atoms with Crippen LogP contribution in [-0.4, -0.2) is 32.2 Å². The maximum Gasteiger partial charge on any atom is 0.314 e. The summed E-state index contributed by atoms with van der Waals surface area (Å²) in [6, 6.07) is -0.0391. The molecule has 0 saturated carbocycles. The minimum absolute atomic E-state index is 0.0391. The van der Waals surface area contributed by atoms with Gasteiger partial charge in [0.25, 0.3) is 0 Å². The average Bonchev–Trinajstić information content (AvgIpc) is 2.58. The summed E-state index contributed by atoms with van der Waals surface area (Å²) >= 11 is 0. The molecule has 0 radical (unpaired) electrons. The van der Waals surface area contributed by atoms with Crippen LogP contribution in [0.15, 0.2) is 0 Å². The largest absolute Gasteiger partial charge is 0.338 e. The summed E-state index contributed by atoms with van der Waals surface area (Å²) in [5.41, 5.74) is 0. The molecular weight excluding hydrogens is 190 g/mol. The Morgan fingerprint density at radius 3 is 2.67 bits per heavy atom. The standard InChI is InChI=1S/C11H23N3O/c1-8(2)4-13-11(15)14-7-10-6-12-5-9(10)3/h8-10,12H,4-7H2,1-3H3,(H2,13,14,15)/t9-,10+/m1/s1. The van der Waals surface area contributed by atoms with Crippen LogP contribution in [0.3, 0.4) is 0 Å². The molecular formula is C11H23N3O. The molecule has 0 aromatic rings. The van der Waals surface area contributed by atoms with Gasteiger partial charge in [-0.25, -0.2) is 4.79 Å². The van der Waals surface area contributed by atoms with Gasteiger partial charge in [-0.15, -0.1) is 0 Å². The van der Waals surface area contributed by atoms with Crippen LogP contribution in [-0.2, 0) is 0 Å². The second-order valence-corrected chi connectivity index (χ2v) is 4.88. The Morgan fingerprint density at radius 2 is 2.13 bits per heavy atom. The lowest BCUT2D eigenvalue weighted by Crippen LogP contribution is -2.40. The molecule has 0 unspecified atom stereocenters. The van der Waals surface area contributed by atoms with E-state index in [1.54, 1.807) is 0 Å². The second-order valence-electron chi connectivity index (χ2n) is 4.88. The predicted molar refractivity (Wildman–Crippen MR) is 61.8 cm³/mol. The summed E-state index contributed by atoms with van der Waals surface area (Å²) in [7, 11) is 0. The summed E-state index contributed by atoms with van der Waals surface area (Å²) in [6.07, 6.45) is 0. The minimum atomic E-state index is -0.0391. The van der Waals surface area contributed by atoms with E-state index in [9.17, 15) is 4.79 Å². The molecule has 4 nitrogen and oxygen atoms in total. The van der Waals surface area contributed by atoms with Crippen LogP contribution >= 0.6 is 0 Å². The number of carbonyl (C=O) groups excluding carboxylic acids is 1. The Bertz CT molecular complexity index is 206. The van der Waals surface area contributed by atoms with Crippen molar-refractivity contribution in [3.63, 3.8) is 0 Å². The Morgan fingerprint density at radius 1 is 1.40 bits per heavy atom. The molecule has 88 valence electrons. The number of rotatable bonds is 4. The number of nitrogens with one attached hydrogen (secondary N) is 3. The number of urea groups is 1. The average molecular weight is 213 g/mol. The van der Waals surface area contributed by atoms with Crippen molar-refractivity contribution < 1.29 is 4.79 Å². The molecule has 1 rings (SSSR count). The van der Waals surface area contributed by atoms with Gasteiger partial charge in [0.05, 0.1) is 0 Å². The summed E-state index contributed by atoms with van der Waals surface area (Å²) in [5.74, 6) is 1.74. The van der Waals surface area contributed by atoms with Crippen molar-refractivity contribution in [1.82, 2.24) is 16.0 Å². The van der Waals surface area contributed by atoms with Gasteiger partial charge in [0, 0.05) is 13.1 Å². The smallest absolute Gasteiger partial charge is 0.314 e. The number of hydrogen-bond acceptors (Lipinski definition) is 2. The fraction of sp³-hybridized carbons (Fsp3) is 0.909. The van der Waals surface area contributed by atoms with Gasteiger partial charge in [0.1, 0.15) is 0 Å². The zero-order valence-corrected chi connectivity index (χ0v) is 9.97. The molecule has 4 heteroatoms. The van der Waals surface area contributed by atoms with Crippen molar-refractivity contribution in [2.45, 2.75) is 20.8 Å². The Labute approximate surface area is 92.2 Å². The maximum absolute atomic E-state index is 11.4. The van der Waals surface area contributed by atoms with Gasteiger partial charge in [0.15, 0.2) is 0 Å². The van der Waals surface area contributed by atoms with E-state index < -0.39 is 0 Å². The molecule has 0 bridgehead atoms. The summed E-state index contributed by atoms with van der Waals surface area (Å²) < 4.78 is 0. The van der Waals surface area contributed by atoms with Gasteiger partial charge in [-0.3, -0.25) is 0 Å². The zero-order valence-electron chi connectivity index (χ0n) is 9.97. The third-order valence-electron chi connectivity index (χ3n) is 2.87. The molecule has 1 fully saturated rings. The molecule has 15 heavy (non-hydrogen) atoms. The molecule has 1 saturated heterocycles. The van der Waals surface area contributed by atoms with Crippen LogP contribution in [0.5, 0.6) is 0 Å². The Kier molecular flexibility index (Phi) is 4.88. The van der Waals surface area contributed by atoms with Gasteiger partial charge in [0.2, 0.25) is 0 Å². The molecule has 2 atom stereocenters. The highest BCUT2D eigenvalue weighted by Gasteiger charge is 2.22. The summed E-state index contributed by atoms with van der Waals surface area (Å²) in [5, 5.41) is 9.10. The summed E-state index contributed by atoms with van der Waals surface area (Å²) in [4.78, 5) is 11.4. The van der Waals surface area contributed by atoms with E-state index >= 15 is 0 Å². The first-order valence-corrected chi connectivity index (χ1v) is 5.82. The van der Waals surface area contributed by atoms with Crippen molar-refractivity contribution in [2.24, 2.45) is 17.8 Å². The fourth-order valence-corrected chi connectivity index (χ4v) is 1.72. The molecule has 0 aliphatic carbocycles. The van der Waals surface area contributed by atoms with Crippen LogP contribution in [0.25, 0.3) is 0 Å². The third kappa shape index (κ3) is 4.51. The maximum atomic E-state index is 11.4. The monoisotopic (exact) mass is 213 g/mol. The molecule has 2 amide bonds. The van der Waals surface area contributed by atoms with Crippen LogP contribution in [0.1, 0.15) is 20.8 Å². The highest BCUT2D eigenvalue weighted by molar-refractivity contribution is 5.73. The van der Waals surface area contributed by atoms with Crippen molar-refractivity contribution in [1.29, 1.82) is 0 Å². The zero-order chi connectivity index (χ0) is 11.3. The van der Waals surface area contributed by atoms with Crippen LogP contribution < -0.4 is 16.0 Å². The van der Waals surface area contributed by atoms with Crippen LogP contribution in [0.2, 0.25) is 0 Å². The highest BCUT2D eigenvalue weighted by Crippen LogP contribution is 2.14. The lowest BCUT2D eigenvalue weighted by Gasteiger charge is -2.15. The fourth-order valence-electron chi connectivity index (χ4n) is 1.72. The molecule has 1 aliphatic rings. The number of amides is 2. The topological polar surface area (TPSA) is 53.2 Å². The van der Waals surface area contributed by atoms with E-state index in [0.717, 1.165) is 26.2 Å². The van der Waals surface area contributed by atoms with E-state index in [2.05, 4.69) is 36.7 Å². The molecule has 1 aliphatic heterocycles. The first kappa shape index (κ1) is 12.3. The highest BCUT2D eigenvalue weighted by atomic mass is 16.2. The molecule has 0 spiro atoms. The molecule has 1 heterocycles. The van der Waals surface area contributed by atoms with Crippen molar-refractivity contribution in [3.8, 4) is 0 Å². The lowest BCUT2D eigenvalue weighted by atomic mass is 9.98. The lowest BCUT2D eigenvalue weighted by molar-refractivity contribution is 0.237. The van der Waals surface area contributed by atoms with E-state index in [4.69, 9.17) is 0 Å². The van der Waals surface area contributed by atoms with Crippen molar-refractivity contribution >= 4 is 6.03 Å². The van der Waals surface area contributed by atoms with E-state index in [1.807, 2.05) is 0 Å². The predicted octanol–water partition coefficient (Wildman–Crippen LogP) is 0.797. The van der Waals surface area contributed by atoms with Gasteiger partial charge in [-0.2, -0.15) is 0 Å². The first-order valence-electron chi connectivity index (χ1n) is 5.82. The van der Waals surface area contributed by atoms with Gasteiger partial charge >= 0.3 is 6.03 Å². The van der Waals surface area contributed by atoms with Crippen molar-refractivity contribution in [3.05, 3.63) is 0 Å². The minimum Gasteiger partial charge on any atom is -0.338 e. The van der Waals surface area contributed by atoms with E-state index in [0.29, 0.717) is 17.8 Å². The molecule has 0 aromatic carbocycles. The third-order valence-corrected chi connectivity index (χ3v) is 2.87. The molecule has 0 aromatic heterocycles. The van der Waals surface area contributed by atoms with Gasteiger partial charge < -0.3 is 16.0 Å². The Balaban J connectivity index is 2.11. The van der Waals surface area contributed by atoms with Gasteiger partial charge in [-0.05, 0) is 30.8 Å².